The maximum Gasteiger partial charge on any atom is 0.0589 e. The van der Waals surface area contributed by atoms with Gasteiger partial charge < -0.3 is 10.5 Å². The average Bonchev–Trinajstić information content (AvgIpc) is 2.23. The Hall–Kier alpha value is -0.510. The van der Waals surface area contributed by atoms with Crippen LogP contribution in [0.3, 0.4) is 0 Å². The molecule has 84 valence electrons. The Labute approximate surface area is 96.2 Å². The minimum absolute atomic E-state index is 0.605. The number of thioether (sulfide) groups is 1. The minimum Gasteiger partial charge on any atom is -0.379 e. The smallest absolute Gasteiger partial charge is 0.0589 e. The van der Waals surface area contributed by atoms with Gasteiger partial charge in [0.05, 0.1) is 13.2 Å². The number of nitrogens with two attached hydrogens (primary N) is 1. The molecule has 0 amide bonds. The summed E-state index contributed by atoms with van der Waals surface area (Å²) in [6, 6.07) is 6.53. The predicted molar refractivity (Wildman–Crippen MR) is 66.5 cm³/mol. The van der Waals surface area contributed by atoms with Crippen LogP contribution in [0.25, 0.3) is 0 Å². The van der Waals surface area contributed by atoms with Crippen LogP contribution in [-0.4, -0.2) is 25.5 Å². The molecule has 0 aromatic heterocycles. The molecule has 0 radical (unpaired) electrons. The number of ether oxygens (including phenoxy) is 1. The van der Waals surface area contributed by atoms with Gasteiger partial charge in [0.2, 0.25) is 0 Å². The summed E-state index contributed by atoms with van der Waals surface area (Å²) in [6.45, 7) is 6.30. The first kappa shape index (κ1) is 12.6. The highest BCUT2D eigenvalue weighted by atomic mass is 32.2. The van der Waals surface area contributed by atoms with E-state index in [1.807, 2.05) is 11.8 Å². The number of hydrogen-bond acceptors (Lipinski definition) is 3. The lowest BCUT2D eigenvalue weighted by Gasteiger charge is -2.06. The molecule has 15 heavy (non-hydrogen) atoms. The van der Waals surface area contributed by atoms with Crippen molar-refractivity contribution >= 4 is 11.8 Å². The molecule has 0 aliphatic heterocycles. The van der Waals surface area contributed by atoms with Gasteiger partial charge in [0.15, 0.2) is 0 Å². The highest BCUT2D eigenvalue weighted by molar-refractivity contribution is 7.99. The van der Waals surface area contributed by atoms with Crippen molar-refractivity contribution < 1.29 is 4.74 Å². The fourth-order valence-corrected chi connectivity index (χ4v) is 2.24. The van der Waals surface area contributed by atoms with Crippen molar-refractivity contribution in [3.63, 3.8) is 0 Å². The summed E-state index contributed by atoms with van der Waals surface area (Å²) < 4.78 is 5.33. The van der Waals surface area contributed by atoms with E-state index in [0.717, 1.165) is 12.4 Å². The Kier molecular flexibility index (Phi) is 5.76. The molecule has 0 spiro atoms. The SMILES string of the molecule is Cc1ccc(C)c(SCCOCCN)c1. The molecule has 1 aromatic rings. The van der Waals surface area contributed by atoms with Gasteiger partial charge in [0.25, 0.3) is 0 Å². The minimum atomic E-state index is 0.605. The van der Waals surface area contributed by atoms with Crippen molar-refractivity contribution in [2.75, 3.05) is 25.5 Å². The molecule has 2 nitrogen and oxygen atoms in total. The number of benzene rings is 1. The largest absolute Gasteiger partial charge is 0.379 e. The molecule has 0 saturated heterocycles. The van der Waals surface area contributed by atoms with Crippen LogP contribution in [0.4, 0.5) is 0 Å². The van der Waals surface area contributed by atoms with Crippen LogP contribution in [0.5, 0.6) is 0 Å². The normalized spacial score (nSPS) is 10.6. The first-order chi connectivity index (χ1) is 7.24. The van der Waals surface area contributed by atoms with E-state index in [1.165, 1.54) is 16.0 Å². The molecule has 0 atom stereocenters. The standard InChI is InChI=1S/C12H19NOS/c1-10-3-4-11(2)12(9-10)15-8-7-14-6-5-13/h3-4,9H,5-8,13H2,1-2H3. The second-order valence-corrected chi connectivity index (χ2v) is 4.66. The zero-order chi connectivity index (χ0) is 11.1. The van der Waals surface area contributed by atoms with E-state index in [4.69, 9.17) is 10.5 Å². The molecule has 0 unspecified atom stereocenters. The summed E-state index contributed by atoms with van der Waals surface area (Å²) in [5.74, 6) is 0.990. The molecule has 3 heteroatoms. The molecular weight excluding hydrogens is 206 g/mol. The van der Waals surface area contributed by atoms with Crippen LogP contribution in [0.1, 0.15) is 11.1 Å². The monoisotopic (exact) mass is 225 g/mol. The predicted octanol–water partition coefficient (Wildman–Crippen LogP) is 2.37. The molecule has 0 bridgehead atoms. The summed E-state index contributed by atoms with van der Waals surface area (Å²) in [5.41, 5.74) is 7.98. The molecule has 0 heterocycles. The maximum absolute atomic E-state index is 5.33. The van der Waals surface area contributed by atoms with E-state index in [-0.39, 0.29) is 0 Å². The van der Waals surface area contributed by atoms with E-state index >= 15 is 0 Å². The summed E-state index contributed by atoms with van der Waals surface area (Å²) in [5, 5.41) is 0. The van der Waals surface area contributed by atoms with E-state index < -0.39 is 0 Å². The van der Waals surface area contributed by atoms with E-state index in [9.17, 15) is 0 Å². The maximum atomic E-state index is 5.33. The summed E-state index contributed by atoms with van der Waals surface area (Å²) in [7, 11) is 0. The molecule has 0 fully saturated rings. The van der Waals surface area contributed by atoms with Crippen molar-refractivity contribution in [2.45, 2.75) is 18.7 Å². The second-order valence-electron chi connectivity index (χ2n) is 3.52. The molecule has 0 aliphatic carbocycles. The lowest BCUT2D eigenvalue weighted by atomic mass is 10.2. The molecule has 0 aliphatic rings. The average molecular weight is 225 g/mol. The first-order valence-corrected chi connectivity index (χ1v) is 6.20. The first-order valence-electron chi connectivity index (χ1n) is 5.22. The Balaban J connectivity index is 2.33. The number of rotatable bonds is 6. The highest BCUT2D eigenvalue weighted by Crippen LogP contribution is 2.23. The van der Waals surface area contributed by atoms with Crippen molar-refractivity contribution in [1.29, 1.82) is 0 Å². The van der Waals surface area contributed by atoms with Gasteiger partial charge in [0, 0.05) is 17.2 Å². The molecular formula is C12H19NOS. The highest BCUT2D eigenvalue weighted by Gasteiger charge is 1.99. The van der Waals surface area contributed by atoms with Crippen LogP contribution in [0.15, 0.2) is 23.1 Å². The van der Waals surface area contributed by atoms with Gasteiger partial charge >= 0.3 is 0 Å². The van der Waals surface area contributed by atoms with Crippen molar-refractivity contribution in [2.24, 2.45) is 5.73 Å². The van der Waals surface area contributed by atoms with Crippen molar-refractivity contribution in [3.05, 3.63) is 29.3 Å². The third-order valence-electron chi connectivity index (χ3n) is 2.09. The quantitative estimate of drug-likeness (QED) is 0.596. The van der Waals surface area contributed by atoms with Crippen LogP contribution in [0.2, 0.25) is 0 Å². The topological polar surface area (TPSA) is 35.2 Å². The zero-order valence-corrected chi connectivity index (χ0v) is 10.3. The third kappa shape index (κ3) is 4.69. The Morgan fingerprint density at radius 1 is 1.27 bits per heavy atom. The van der Waals surface area contributed by atoms with Gasteiger partial charge in [-0.15, -0.1) is 11.8 Å². The van der Waals surface area contributed by atoms with Crippen molar-refractivity contribution in [3.8, 4) is 0 Å². The van der Waals surface area contributed by atoms with E-state index in [0.29, 0.717) is 13.2 Å². The van der Waals surface area contributed by atoms with Crippen LogP contribution >= 0.6 is 11.8 Å². The fourth-order valence-electron chi connectivity index (χ4n) is 1.26. The van der Waals surface area contributed by atoms with Gasteiger partial charge in [-0.1, -0.05) is 17.7 Å². The Morgan fingerprint density at radius 2 is 2.07 bits per heavy atom. The van der Waals surface area contributed by atoms with E-state index in [1.54, 1.807) is 0 Å². The number of hydrogen-bond donors (Lipinski definition) is 1. The Bertz CT molecular complexity index is 302. The summed E-state index contributed by atoms with van der Waals surface area (Å²) >= 11 is 1.85. The third-order valence-corrected chi connectivity index (χ3v) is 3.21. The molecule has 0 saturated carbocycles. The summed E-state index contributed by atoms with van der Waals surface area (Å²) in [6.07, 6.45) is 0. The molecule has 2 N–H and O–H groups in total. The van der Waals surface area contributed by atoms with Gasteiger partial charge in [0.1, 0.15) is 0 Å². The van der Waals surface area contributed by atoms with Gasteiger partial charge in [-0.25, -0.2) is 0 Å². The summed E-state index contributed by atoms with van der Waals surface area (Å²) in [4.78, 5) is 1.35. The molecule has 1 aromatic carbocycles. The fraction of sp³-hybridized carbons (Fsp3) is 0.500. The van der Waals surface area contributed by atoms with Gasteiger partial charge in [-0.2, -0.15) is 0 Å². The second kappa shape index (κ2) is 6.88. The van der Waals surface area contributed by atoms with Gasteiger partial charge in [-0.05, 0) is 25.5 Å². The lowest BCUT2D eigenvalue weighted by Crippen LogP contribution is -2.09. The van der Waals surface area contributed by atoms with E-state index in [2.05, 4.69) is 32.0 Å². The van der Waals surface area contributed by atoms with Gasteiger partial charge in [-0.3, -0.25) is 0 Å². The Morgan fingerprint density at radius 3 is 2.80 bits per heavy atom. The van der Waals surface area contributed by atoms with Crippen molar-refractivity contribution in [1.82, 2.24) is 0 Å². The number of aryl methyl sites for hydroxylation is 2. The van der Waals surface area contributed by atoms with Crippen LogP contribution in [0, 0.1) is 13.8 Å². The van der Waals surface area contributed by atoms with Crippen LogP contribution < -0.4 is 5.73 Å². The lowest BCUT2D eigenvalue weighted by molar-refractivity contribution is 0.158. The molecule has 1 rings (SSSR count). The van der Waals surface area contributed by atoms with Crippen LogP contribution in [-0.2, 0) is 4.74 Å². The zero-order valence-electron chi connectivity index (χ0n) is 9.45.